The van der Waals surface area contributed by atoms with E-state index in [0.29, 0.717) is 30.1 Å². The van der Waals surface area contributed by atoms with E-state index in [1.807, 2.05) is 0 Å². The van der Waals surface area contributed by atoms with Gasteiger partial charge in [-0.25, -0.2) is 17.2 Å². The number of hydrogen-bond acceptors (Lipinski definition) is 4. The van der Waals surface area contributed by atoms with Crippen molar-refractivity contribution < 1.29 is 27.1 Å². The number of ketones is 1. The minimum atomic E-state index is -3.29. The van der Waals surface area contributed by atoms with E-state index in [2.05, 4.69) is 6.92 Å². The minimum Gasteiger partial charge on any atom is -0.384 e. The molecule has 4 aliphatic carbocycles. The number of alkyl halides is 2. The number of aliphatic hydroxyl groups is 1. The quantitative estimate of drug-likeness (QED) is 0.638. The highest BCUT2D eigenvalue weighted by Crippen LogP contribution is 2.65. The molecule has 190 valence electrons. The summed E-state index contributed by atoms with van der Waals surface area (Å²) < 4.78 is 52.1. The maximum atomic E-state index is 13.4. The molecule has 1 aromatic rings. The Morgan fingerprint density at radius 1 is 1.12 bits per heavy atom. The van der Waals surface area contributed by atoms with Crippen molar-refractivity contribution in [2.45, 2.75) is 88.2 Å². The maximum absolute atomic E-state index is 13.4. The lowest BCUT2D eigenvalue weighted by molar-refractivity contribution is -0.160. The number of fused-ring (bicyclic) bond motifs is 5. The van der Waals surface area contributed by atoms with Crippen molar-refractivity contribution in [3.63, 3.8) is 0 Å². The number of aromatic nitrogens is 1. The van der Waals surface area contributed by atoms with Gasteiger partial charge < -0.3 is 9.67 Å². The van der Waals surface area contributed by atoms with Crippen molar-refractivity contribution in [3.8, 4) is 0 Å². The Kier molecular flexibility index (Phi) is 6.03. The predicted molar refractivity (Wildman–Crippen MR) is 124 cm³/mol. The summed E-state index contributed by atoms with van der Waals surface area (Å²) >= 11 is 0. The highest BCUT2D eigenvalue weighted by atomic mass is 32.2. The zero-order valence-electron chi connectivity index (χ0n) is 20.1. The number of carbonyl (C=O) groups is 1. The maximum Gasteiger partial charge on any atom is 0.266 e. The van der Waals surface area contributed by atoms with Gasteiger partial charge in [0.05, 0.1) is 11.4 Å². The van der Waals surface area contributed by atoms with E-state index in [0.717, 1.165) is 38.5 Å². The van der Waals surface area contributed by atoms with Gasteiger partial charge >= 0.3 is 0 Å². The molecule has 4 saturated carbocycles. The molecule has 0 radical (unpaired) electrons. The van der Waals surface area contributed by atoms with E-state index in [1.165, 1.54) is 6.26 Å². The number of sulfone groups is 1. The van der Waals surface area contributed by atoms with Crippen LogP contribution >= 0.6 is 0 Å². The summed E-state index contributed by atoms with van der Waals surface area (Å²) in [6.07, 6.45) is 8.69. The minimum absolute atomic E-state index is 0.0180. The lowest BCUT2D eigenvalue weighted by atomic mass is 9.49. The fourth-order valence-electron chi connectivity index (χ4n) is 8.66. The van der Waals surface area contributed by atoms with E-state index in [1.54, 1.807) is 23.0 Å². The number of Topliss-reactive ketones (excluding diaryl/α,β-unsaturated/α-hetero) is 1. The number of nitrogens with zero attached hydrogens (tertiary/aromatic N) is 1. The smallest absolute Gasteiger partial charge is 0.266 e. The van der Waals surface area contributed by atoms with Gasteiger partial charge in [-0.05, 0) is 98.9 Å². The fraction of sp³-hybridized carbons (Fsp3) is 0.808. The van der Waals surface area contributed by atoms with Gasteiger partial charge in [0.25, 0.3) is 6.43 Å². The SMILES string of the molecule is C[C@]12CC[C@H]3[C@@H](CC[C@@H]4C[C@@](O)(C(F)F)CC[C@@H]43)[C@@H]1CC[C@@H]2C(=O)Cn1ccc(S(C)(=O)=O)c1. The van der Waals surface area contributed by atoms with E-state index in [9.17, 15) is 27.1 Å². The molecule has 0 spiro atoms. The van der Waals surface area contributed by atoms with Gasteiger partial charge in [0.2, 0.25) is 0 Å². The fourth-order valence-corrected chi connectivity index (χ4v) is 9.30. The summed E-state index contributed by atoms with van der Waals surface area (Å²) in [6, 6.07) is 1.55. The average Bonchev–Trinajstić information content (AvgIpc) is 3.37. The van der Waals surface area contributed by atoms with Crippen LogP contribution in [-0.4, -0.2) is 42.2 Å². The van der Waals surface area contributed by atoms with Crippen LogP contribution in [0.15, 0.2) is 23.4 Å². The van der Waals surface area contributed by atoms with Gasteiger partial charge in [-0.1, -0.05) is 6.92 Å². The first-order valence-electron chi connectivity index (χ1n) is 12.8. The first-order valence-corrected chi connectivity index (χ1v) is 14.7. The van der Waals surface area contributed by atoms with E-state index < -0.39 is 21.9 Å². The molecule has 0 aromatic carbocycles. The molecule has 1 aromatic heterocycles. The summed E-state index contributed by atoms with van der Waals surface area (Å²) in [5.41, 5.74) is -1.85. The highest BCUT2D eigenvalue weighted by Gasteiger charge is 2.59. The molecule has 4 aliphatic rings. The van der Waals surface area contributed by atoms with Gasteiger partial charge in [0.15, 0.2) is 15.6 Å². The lowest BCUT2D eigenvalue weighted by Gasteiger charge is -2.57. The van der Waals surface area contributed by atoms with Gasteiger partial charge in [-0.3, -0.25) is 4.79 Å². The second-order valence-electron chi connectivity index (χ2n) is 12.0. The van der Waals surface area contributed by atoms with Crippen LogP contribution in [0.4, 0.5) is 8.78 Å². The zero-order chi connectivity index (χ0) is 24.5. The Hall–Kier alpha value is -1.28. The molecular weight excluding hydrogens is 460 g/mol. The van der Waals surface area contributed by atoms with E-state index in [-0.39, 0.29) is 47.3 Å². The molecular formula is C26H37F2NO4S. The second-order valence-corrected chi connectivity index (χ2v) is 14.0. The number of hydrogen-bond donors (Lipinski definition) is 1. The lowest BCUT2D eigenvalue weighted by Crippen LogP contribution is -2.53. The van der Waals surface area contributed by atoms with Crippen LogP contribution in [0.5, 0.6) is 0 Å². The van der Waals surface area contributed by atoms with Crippen molar-refractivity contribution in [1.29, 1.82) is 0 Å². The zero-order valence-corrected chi connectivity index (χ0v) is 20.9. The summed E-state index contributed by atoms with van der Waals surface area (Å²) in [6.45, 7) is 2.48. The van der Waals surface area contributed by atoms with Crippen LogP contribution in [0.3, 0.4) is 0 Å². The van der Waals surface area contributed by atoms with Gasteiger partial charge in [0, 0.05) is 24.6 Å². The largest absolute Gasteiger partial charge is 0.384 e. The van der Waals surface area contributed by atoms with E-state index >= 15 is 0 Å². The molecule has 5 nitrogen and oxygen atoms in total. The molecule has 0 bridgehead atoms. The summed E-state index contributed by atoms with van der Waals surface area (Å²) in [5, 5.41) is 10.4. The topological polar surface area (TPSA) is 76.4 Å². The number of carbonyl (C=O) groups excluding carboxylic acids is 1. The van der Waals surface area contributed by atoms with Crippen LogP contribution in [0, 0.1) is 40.9 Å². The van der Waals surface area contributed by atoms with Crippen LogP contribution < -0.4 is 0 Å². The average molecular weight is 498 g/mol. The van der Waals surface area contributed by atoms with Gasteiger partial charge in [0.1, 0.15) is 5.60 Å². The molecule has 0 unspecified atom stereocenters. The molecule has 0 amide bonds. The van der Waals surface area contributed by atoms with E-state index in [4.69, 9.17) is 0 Å². The number of halogens is 2. The number of rotatable bonds is 5. The predicted octanol–water partition coefficient (Wildman–Crippen LogP) is 4.73. The van der Waals surface area contributed by atoms with Gasteiger partial charge in [-0.2, -0.15) is 0 Å². The Bertz CT molecular complexity index is 1050. The molecule has 8 atom stereocenters. The Morgan fingerprint density at radius 3 is 2.53 bits per heavy atom. The standard InChI is InChI=1S/C26H37F2NO4S/c1-25-10-7-19-18-8-11-26(31,24(27)28)13-16(18)3-4-20(19)21(25)5-6-22(25)23(30)15-29-12-9-17(14-29)34(2,32)33/h9,12,14,16,18-22,24,31H,3-8,10-11,13,15H2,1-2H3/t16-,18+,19-,20-,21+,22-,25+,26-/m1/s1. The Balaban J connectivity index is 1.28. The first kappa shape index (κ1) is 24.4. The molecule has 4 fully saturated rings. The normalized spacial score (nSPS) is 42.2. The molecule has 1 heterocycles. The molecule has 1 N–H and O–H groups in total. The van der Waals surface area contributed by atoms with Crippen molar-refractivity contribution in [2.75, 3.05) is 6.26 Å². The summed E-state index contributed by atoms with van der Waals surface area (Å²) in [4.78, 5) is 13.6. The van der Waals surface area contributed by atoms with Crippen LogP contribution in [0.2, 0.25) is 0 Å². The first-order chi connectivity index (χ1) is 15.9. The molecule has 5 rings (SSSR count). The van der Waals surface area contributed by atoms with Crippen LogP contribution in [0.1, 0.15) is 64.7 Å². The van der Waals surface area contributed by atoms with Crippen molar-refractivity contribution in [3.05, 3.63) is 18.5 Å². The van der Waals surface area contributed by atoms with Crippen molar-refractivity contribution in [2.24, 2.45) is 40.9 Å². The third kappa shape index (κ3) is 3.97. The monoisotopic (exact) mass is 497 g/mol. The summed E-state index contributed by atoms with van der Waals surface area (Å²) in [7, 11) is -3.29. The third-order valence-electron chi connectivity index (χ3n) is 10.3. The molecule has 8 heteroatoms. The molecule has 34 heavy (non-hydrogen) atoms. The van der Waals surface area contributed by atoms with Crippen LogP contribution in [-0.2, 0) is 21.2 Å². The van der Waals surface area contributed by atoms with Gasteiger partial charge in [-0.15, -0.1) is 0 Å². The second kappa shape index (κ2) is 8.39. The van der Waals surface area contributed by atoms with Crippen molar-refractivity contribution in [1.82, 2.24) is 4.57 Å². The molecule has 0 aliphatic heterocycles. The Labute approximate surface area is 201 Å². The molecule has 0 saturated heterocycles. The van der Waals surface area contributed by atoms with Crippen molar-refractivity contribution >= 4 is 15.6 Å². The Morgan fingerprint density at radius 2 is 1.85 bits per heavy atom. The highest BCUT2D eigenvalue weighted by molar-refractivity contribution is 7.90. The van der Waals surface area contributed by atoms with Crippen LogP contribution in [0.25, 0.3) is 0 Å². The summed E-state index contributed by atoms with van der Waals surface area (Å²) in [5.74, 6) is 2.33. The third-order valence-corrected chi connectivity index (χ3v) is 11.4.